The quantitative estimate of drug-likeness (QED) is 0.719. The monoisotopic (exact) mass is 336 g/mol. The molecule has 0 radical (unpaired) electrons. The average Bonchev–Trinajstić information content (AvgIpc) is 2.86. The molecule has 2 rings (SSSR count). The lowest BCUT2D eigenvalue weighted by atomic mass is 10.2. The summed E-state index contributed by atoms with van der Waals surface area (Å²) in [6.07, 6.45) is 1.33. The number of carboxylic acids is 1. The number of aliphatic carboxylic acids is 1. The van der Waals surface area contributed by atoms with Crippen molar-refractivity contribution in [3.8, 4) is 0 Å². The lowest BCUT2D eigenvalue weighted by molar-refractivity contribution is -0.160. The summed E-state index contributed by atoms with van der Waals surface area (Å²) in [5, 5.41) is 18.1. The second-order valence-electron chi connectivity index (χ2n) is 4.55. The van der Waals surface area contributed by atoms with E-state index in [1.54, 1.807) is 16.4 Å². The van der Waals surface area contributed by atoms with Crippen molar-refractivity contribution in [3.05, 3.63) is 29.8 Å². The Labute approximate surface area is 128 Å². The smallest absolute Gasteiger partial charge is 0.323 e. The molecule has 0 aromatic heterocycles. The lowest BCUT2D eigenvalue weighted by Gasteiger charge is -2.11. The van der Waals surface area contributed by atoms with Gasteiger partial charge in [-0.25, -0.2) is 8.42 Å². The van der Waals surface area contributed by atoms with Gasteiger partial charge in [-0.1, -0.05) is 17.7 Å². The van der Waals surface area contributed by atoms with E-state index in [9.17, 15) is 13.2 Å². The van der Waals surface area contributed by atoms with E-state index in [0.29, 0.717) is 13.0 Å². The van der Waals surface area contributed by atoms with Crippen molar-refractivity contribution in [3.63, 3.8) is 0 Å². The van der Waals surface area contributed by atoms with Crippen LogP contribution in [-0.2, 0) is 14.8 Å². The van der Waals surface area contributed by atoms with Gasteiger partial charge >= 0.3 is 5.97 Å². The number of nitrogens with one attached hydrogen (secondary N) is 1. The Morgan fingerprint density at radius 1 is 1.38 bits per heavy atom. The van der Waals surface area contributed by atoms with Gasteiger partial charge in [-0.3, -0.25) is 4.79 Å². The van der Waals surface area contributed by atoms with Crippen LogP contribution in [0.5, 0.6) is 0 Å². The van der Waals surface area contributed by atoms with Gasteiger partial charge in [0.25, 0.3) is 10.0 Å². The third kappa shape index (κ3) is 5.25. The summed E-state index contributed by atoms with van der Waals surface area (Å²) in [7, 11) is -3.50. The third-order valence-electron chi connectivity index (χ3n) is 2.94. The molecule has 0 spiro atoms. The molecule has 9 heteroatoms. The molecule has 1 atom stereocenters. The number of sulfonamides is 1. The van der Waals surface area contributed by atoms with Crippen LogP contribution in [0.25, 0.3) is 0 Å². The molecular formula is C12H17ClN2O5S. The van der Waals surface area contributed by atoms with Gasteiger partial charge in [0.2, 0.25) is 0 Å². The number of aryl methyl sites for hydroxylation is 1. The van der Waals surface area contributed by atoms with E-state index in [0.717, 1.165) is 17.0 Å². The number of hydrogen-bond acceptors (Lipinski definition) is 5. The third-order valence-corrected chi connectivity index (χ3v) is 4.65. The predicted molar refractivity (Wildman–Crippen MR) is 76.5 cm³/mol. The summed E-state index contributed by atoms with van der Waals surface area (Å²) in [5.74, 6) is -0.935. The van der Waals surface area contributed by atoms with E-state index in [1.165, 1.54) is 12.1 Å². The van der Waals surface area contributed by atoms with Crippen molar-refractivity contribution in [2.24, 2.45) is 0 Å². The predicted octanol–water partition coefficient (Wildman–Crippen LogP) is 1.35. The van der Waals surface area contributed by atoms with Crippen molar-refractivity contribution in [1.82, 2.24) is 9.30 Å². The molecule has 3 N–H and O–H groups in total. The van der Waals surface area contributed by atoms with Gasteiger partial charge < -0.3 is 10.3 Å². The zero-order valence-electron chi connectivity index (χ0n) is 11.4. The molecule has 7 nitrogen and oxygen atoms in total. The SMILES string of the molecule is Cc1ccc(S(=O)(=O)NCl)cc1.O=C(O)C1CCCN1O. The summed E-state index contributed by atoms with van der Waals surface area (Å²) >= 11 is 5.03. The summed E-state index contributed by atoms with van der Waals surface area (Å²) in [5.41, 5.74) is 1.00. The molecule has 1 aromatic rings. The highest BCUT2D eigenvalue weighted by Crippen LogP contribution is 2.13. The average molecular weight is 337 g/mol. The van der Waals surface area contributed by atoms with E-state index in [1.807, 2.05) is 6.92 Å². The zero-order chi connectivity index (χ0) is 16.0. The maximum atomic E-state index is 11.1. The number of halogens is 1. The largest absolute Gasteiger partial charge is 0.480 e. The second kappa shape index (κ2) is 7.71. The van der Waals surface area contributed by atoms with Crippen LogP contribution in [0.1, 0.15) is 18.4 Å². The van der Waals surface area contributed by atoms with Gasteiger partial charge in [0.15, 0.2) is 0 Å². The van der Waals surface area contributed by atoms with Crippen LogP contribution in [0.2, 0.25) is 0 Å². The first-order chi connectivity index (χ1) is 9.77. The summed E-state index contributed by atoms with van der Waals surface area (Å²) in [4.78, 5) is 10.4. The Hall–Kier alpha value is -1.19. The number of nitrogens with zero attached hydrogens (tertiary/aromatic N) is 1. The fraction of sp³-hybridized carbons (Fsp3) is 0.417. The topological polar surface area (TPSA) is 107 Å². The first-order valence-electron chi connectivity index (χ1n) is 6.15. The first kappa shape index (κ1) is 17.9. The van der Waals surface area contributed by atoms with Gasteiger partial charge in [-0.15, -0.1) is 4.24 Å². The van der Waals surface area contributed by atoms with E-state index in [2.05, 4.69) is 0 Å². The highest BCUT2D eigenvalue weighted by atomic mass is 35.5. The van der Waals surface area contributed by atoms with E-state index in [4.69, 9.17) is 22.1 Å². The Morgan fingerprint density at radius 3 is 2.29 bits per heavy atom. The Kier molecular flexibility index (Phi) is 6.56. The minimum Gasteiger partial charge on any atom is -0.480 e. The molecule has 1 heterocycles. The highest BCUT2D eigenvalue weighted by Gasteiger charge is 2.28. The molecule has 1 unspecified atom stereocenters. The number of hydrogen-bond donors (Lipinski definition) is 3. The van der Waals surface area contributed by atoms with Gasteiger partial charge in [0.05, 0.1) is 4.90 Å². The maximum Gasteiger partial charge on any atom is 0.323 e. The molecule has 0 aliphatic carbocycles. The minimum absolute atomic E-state index is 0.170. The summed E-state index contributed by atoms with van der Waals surface area (Å²) in [6.45, 7) is 2.36. The van der Waals surface area contributed by atoms with Gasteiger partial charge in [-0.05, 0) is 43.7 Å². The van der Waals surface area contributed by atoms with E-state index in [-0.39, 0.29) is 4.90 Å². The number of rotatable bonds is 3. The normalized spacial score (nSPS) is 18.9. The van der Waals surface area contributed by atoms with Crippen molar-refractivity contribution < 1.29 is 23.5 Å². The molecule has 1 saturated heterocycles. The molecular weight excluding hydrogens is 320 g/mol. The van der Waals surface area contributed by atoms with E-state index >= 15 is 0 Å². The molecule has 1 aromatic carbocycles. The number of carbonyl (C=O) groups is 1. The lowest BCUT2D eigenvalue weighted by Crippen LogP contribution is -2.32. The Bertz CT molecular complexity index is 576. The highest BCUT2D eigenvalue weighted by molar-refractivity contribution is 7.90. The Morgan fingerprint density at radius 2 is 1.95 bits per heavy atom. The van der Waals surface area contributed by atoms with Crippen molar-refractivity contribution in [1.29, 1.82) is 0 Å². The van der Waals surface area contributed by atoms with Crippen LogP contribution >= 0.6 is 11.8 Å². The fourth-order valence-electron chi connectivity index (χ4n) is 1.76. The van der Waals surface area contributed by atoms with Gasteiger partial charge in [0, 0.05) is 6.54 Å². The summed E-state index contributed by atoms with van der Waals surface area (Å²) in [6, 6.07) is 5.76. The van der Waals surface area contributed by atoms with E-state index < -0.39 is 22.0 Å². The van der Waals surface area contributed by atoms with Crippen LogP contribution in [0.3, 0.4) is 0 Å². The molecule has 0 amide bonds. The van der Waals surface area contributed by atoms with Crippen LogP contribution < -0.4 is 4.24 Å². The van der Waals surface area contributed by atoms with Crippen molar-refractivity contribution in [2.75, 3.05) is 6.54 Å². The number of hydroxylamine groups is 2. The standard InChI is InChI=1S/C7H8ClNO2S.C5H9NO3/c1-6-2-4-7(5-3-6)12(10,11)9-8;7-5(8)4-2-1-3-6(4)9/h2-5,9H,1H3;4,9H,1-3H2,(H,7,8). The molecule has 21 heavy (non-hydrogen) atoms. The molecule has 118 valence electrons. The van der Waals surface area contributed by atoms with Gasteiger partial charge in [0.1, 0.15) is 6.04 Å². The first-order valence-corrected chi connectivity index (χ1v) is 8.01. The molecule has 0 bridgehead atoms. The molecule has 1 aliphatic heterocycles. The molecule has 1 fully saturated rings. The van der Waals surface area contributed by atoms with Crippen molar-refractivity contribution >= 4 is 27.8 Å². The number of carboxylic acid groups (broad SMARTS) is 1. The van der Waals surface area contributed by atoms with Crippen molar-refractivity contribution in [2.45, 2.75) is 30.7 Å². The van der Waals surface area contributed by atoms with Crippen LogP contribution in [0.4, 0.5) is 0 Å². The maximum absolute atomic E-state index is 11.1. The summed E-state index contributed by atoms with van der Waals surface area (Å²) < 4.78 is 23.9. The number of benzene rings is 1. The van der Waals surface area contributed by atoms with Crippen LogP contribution in [-0.4, -0.2) is 42.4 Å². The second-order valence-corrected chi connectivity index (χ2v) is 6.65. The fourth-order valence-corrected chi connectivity index (χ4v) is 2.62. The van der Waals surface area contributed by atoms with Crippen LogP contribution in [0, 0.1) is 6.92 Å². The Balaban J connectivity index is 0.000000219. The molecule has 1 aliphatic rings. The minimum atomic E-state index is -3.50. The zero-order valence-corrected chi connectivity index (χ0v) is 12.9. The van der Waals surface area contributed by atoms with Gasteiger partial charge in [-0.2, -0.15) is 5.06 Å². The molecule has 0 saturated carbocycles. The van der Waals surface area contributed by atoms with Crippen LogP contribution in [0.15, 0.2) is 29.2 Å².